The number of ether oxygens (including phenoxy) is 8. The van der Waals surface area contributed by atoms with Gasteiger partial charge >= 0.3 is 23.9 Å². The standard InChI is InChI=1S/C85H125N3O21/c1-50-26-19-18-20-27-51(2)64(103-14)45-59-34-31-56(7)85(101,109-59)79(97)80(98)88-41-24-23-28-62(88)82(100)107-65(46-63(89)52(3)43-55(6)75(94)78(104-15)74(93)54(5)42-50)53(4)44-57-32-35-58(36-33-57)105-69(91)29-21-16-17-22-30-70(92)106-66-47-83(8)61(37-38-67(83)90)71-73(66)84(9)68(49-102-13)108-81(99)60(72(84)77(96)76(71)95)48-87(12)40-25-39-86(10)11/h18-20,26-27,43,48,50,52-54,56-59,61-62,64-66,68,75,78,94,96,101H,16-17,21-25,28-42,44-47,49H2,1-15H3/b20-18+,26-19+,51-27+,55-43+,60-48+/t50-,52-,53+,54-,56-,57?,58?,59+,61+,62+,64+,65+,66-,68-,75-,78+,83+,84+,85-/m1/s1. The molecule has 0 aromatic heterocycles. The Labute approximate surface area is 645 Å². The zero-order valence-electron chi connectivity index (χ0n) is 67.4. The van der Waals surface area contributed by atoms with E-state index in [1.807, 2.05) is 75.0 Å². The van der Waals surface area contributed by atoms with Crippen molar-refractivity contribution in [1.82, 2.24) is 14.7 Å². The number of aliphatic hydroxyl groups excluding tert-OH is 2. The third-order valence-electron chi connectivity index (χ3n) is 24.8. The fourth-order valence-electron chi connectivity index (χ4n) is 18.1. The maximum absolute atomic E-state index is 14.8. The smallest absolute Gasteiger partial charge is 0.340 e. The molecular weight excluding hydrogens is 1400 g/mol. The average Bonchev–Trinajstić information content (AvgIpc) is 1.66. The number of rotatable bonds is 21. The quantitative estimate of drug-likeness (QED) is 0.0240. The van der Waals surface area contributed by atoms with Crippen LogP contribution < -0.4 is 0 Å². The zero-order chi connectivity index (χ0) is 80.0. The van der Waals surface area contributed by atoms with Crippen LogP contribution in [0.2, 0.25) is 0 Å². The van der Waals surface area contributed by atoms with Crippen molar-refractivity contribution in [2.24, 2.45) is 52.3 Å². The lowest BCUT2D eigenvalue weighted by Gasteiger charge is -2.53. The van der Waals surface area contributed by atoms with Gasteiger partial charge < -0.3 is 67.9 Å². The Morgan fingerprint density at radius 1 is 0.780 bits per heavy atom. The van der Waals surface area contributed by atoms with E-state index in [1.54, 1.807) is 68.0 Å². The predicted molar refractivity (Wildman–Crippen MR) is 406 cm³/mol. The molecule has 606 valence electrons. The van der Waals surface area contributed by atoms with E-state index in [9.17, 15) is 63.3 Å². The molecule has 1 amide bonds. The molecule has 2 saturated carbocycles. The fraction of sp³-hybridized carbons (Fsp3) is 0.718. The number of Topliss-reactive ketones (excluding diaryl/α,β-unsaturated/α-hetero) is 5. The minimum atomic E-state index is -2.49. The third-order valence-corrected chi connectivity index (χ3v) is 24.8. The van der Waals surface area contributed by atoms with E-state index in [0.717, 1.165) is 18.5 Å². The summed E-state index contributed by atoms with van der Waals surface area (Å²) in [6.45, 7) is 17.4. The van der Waals surface area contributed by atoms with Crippen molar-refractivity contribution < 1.29 is 101 Å². The highest BCUT2D eigenvalue weighted by atomic mass is 16.6. The molecule has 24 heteroatoms. The van der Waals surface area contributed by atoms with E-state index in [2.05, 4.69) is 0 Å². The highest BCUT2D eigenvalue weighted by Gasteiger charge is 2.65. The van der Waals surface area contributed by atoms with Gasteiger partial charge in [0.25, 0.3) is 11.7 Å². The highest BCUT2D eigenvalue weighted by Crippen LogP contribution is 2.62. The van der Waals surface area contributed by atoms with Crippen LogP contribution in [0.25, 0.3) is 0 Å². The van der Waals surface area contributed by atoms with E-state index in [-0.39, 0.29) is 116 Å². The Morgan fingerprint density at radius 3 is 2.13 bits per heavy atom. The summed E-state index contributed by atoms with van der Waals surface area (Å²) in [6, 6.07) is -1.21. The number of hydrogen-bond acceptors (Lipinski definition) is 23. The van der Waals surface area contributed by atoms with Crippen molar-refractivity contribution in [2.45, 2.75) is 271 Å². The second-order valence-electron chi connectivity index (χ2n) is 33.3. The first-order chi connectivity index (χ1) is 51.6. The molecule has 4 aliphatic carbocycles. The molecule has 0 aromatic carbocycles. The van der Waals surface area contributed by atoms with Crippen molar-refractivity contribution >= 4 is 58.7 Å². The largest absolute Gasteiger partial charge is 0.504 e. The molecule has 4 aliphatic heterocycles. The normalized spacial score (nSPS) is 36.0. The first kappa shape index (κ1) is 87.8. The summed E-state index contributed by atoms with van der Waals surface area (Å²) in [7, 11) is 10.1. The molecule has 3 saturated heterocycles. The first-order valence-electron chi connectivity index (χ1n) is 40.0. The molecule has 2 bridgehead atoms. The number of hydrogen-bond donors (Lipinski definition) is 3. The third kappa shape index (κ3) is 20.9. The van der Waals surface area contributed by atoms with Crippen LogP contribution in [0, 0.1) is 52.3 Å². The lowest BCUT2D eigenvalue weighted by molar-refractivity contribution is -0.265. The van der Waals surface area contributed by atoms with Gasteiger partial charge in [0.05, 0.1) is 29.8 Å². The molecule has 24 nitrogen and oxygen atoms in total. The molecule has 0 unspecified atom stereocenters. The maximum atomic E-state index is 14.8. The first-order valence-corrected chi connectivity index (χ1v) is 40.0. The Hall–Kier alpha value is -6.80. The van der Waals surface area contributed by atoms with Gasteiger partial charge in [0.1, 0.15) is 54.2 Å². The Kier molecular flexibility index (Phi) is 31.5. The number of piperidine rings is 1. The van der Waals surface area contributed by atoms with Crippen molar-refractivity contribution in [1.29, 1.82) is 0 Å². The van der Waals surface area contributed by atoms with Crippen molar-refractivity contribution in [3.05, 3.63) is 81.9 Å². The lowest BCUT2D eigenvalue weighted by Crippen LogP contribution is -2.61. The summed E-state index contributed by atoms with van der Waals surface area (Å²) in [5.74, 6) is -12.1. The van der Waals surface area contributed by atoms with Gasteiger partial charge in [0.15, 0.2) is 11.5 Å². The van der Waals surface area contributed by atoms with Gasteiger partial charge in [-0.3, -0.25) is 38.4 Å². The Morgan fingerprint density at radius 2 is 1.47 bits per heavy atom. The highest BCUT2D eigenvalue weighted by molar-refractivity contribution is 6.39. The molecule has 0 spiro atoms. The number of methoxy groups -OCH3 is 3. The van der Waals surface area contributed by atoms with Gasteiger partial charge in [0.2, 0.25) is 11.6 Å². The van der Waals surface area contributed by atoms with Crippen LogP contribution in [0.5, 0.6) is 0 Å². The molecule has 109 heavy (non-hydrogen) atoms. The second kappa shape index (κ2) is 39.1. The molecule has 0 radical (unpaired) electrons. The molecular formula is C85H125N3O21. The van der Waals surface area contributed by atoms with E-state index in [0.29, 0.717) is 114 Å². The number of esters is 4. The molecule has 5 fully saturated rings. The number of unbranched alkanes of at least 4 members (excludes halogenated alkanes) is 3. The number of aliphatic hydroxyl groups is 3. The van der Waals surface area contributed by atoms with Gasteiger partial charge in [-0.2, -0.15) is 0 Å². The molecule has 8 aliphatic rings. The number of cyclic esters (lactones) is 2. The van der Waals surface area contributed by atoms with Crippen LogP contribution in [0.4, 0.5) is 0 Å². The molecule has 4 heterocycles. The van der Waals surface area contributed by atoms with E-state index < -0.39 is 136 Å². The number of allylic oxidation sites excluding steroid dienone is 7. The summed E-state index contributed by atoms with van der Waals surface area (Å²) in [5, 5.41) is 35.8. The van der Waals surface area contributed by atoms with Crippen molar-refractivity contribution in [3.8, 4) is 0 Å². The number of amides is 1. The minimum absolute atomic E-state index is 0.00781. The van der Waals surface area contributed by atoms with Crippen molar-refractivity contribution in [3.63, 3.8) is 0 Å². The number of ketones is 5. The molecule has 17 atom stereocenters. The number of carbonyl (C=O) groups excluding carboxylic acids is 10. The minimum Gasteiger partial charge on any atom is -0.504 e. The zero-order valence-corrected chi connectivity index (χ0v) is 67.4. The molecule has 0 aromatic rings. The van der Waals surface area contributed by atoms with Crippen LogP contribution in [0.3, 0.4) is 0 Å². The summed E-state index contributed by atoms with van der Waals surface area (Å²) < 4.78 is 48.3. The monoisotopic (exact) mass is 1520 g/mol. The van der Waals surface area contributed by atoms with Gasteiger partial charge in [-0.05, 0) is 172 Å². The Bertz CT molecular complexity index is 3540. The van der Waals surface area contributed by atoms with Crippen LogP contribution in [0.1, 0.15) is 210 Å². The second-order valence-corrected chi connectivity index (χ2v) is 33.3. The predicted octanol–water partition coefficient (Wildman–Crippen LogP) is 10.8. The summed E-state index contributed by atoms with van der Waals surface area (Å²) in [4.78, 5) is 147. The molecule has 8 rings (SSSR count). The summed E-state index contributed by atoms with van der Waals surface area (Å²) in [6.07, 6.45) is 14.9. The van der Waals surface area contributed by atoms with E-state index >= 15 is 0 Å². The van der Waals surface area contributed by atoms with E-state index in [4.69, 9.17) is 37.9 Å². The number of nitrogens with zero attached hydrogens (tertiary/aromatic N) is 3. The van der Waals surface area contributed by atoms with Gasteiger partial charge in [0, 0.05) is 126 Å². The molecule has 3 N–H and O–H groups in total. The number of carbonyl (C=O) groups is 10. The van der Waals surface area contributed by atoms with Crippen LogP contribution >= 0.6 is 0 Å². The van der Waals surface area contributed by atoms with E-state index in [1.165, 1.54) is 19.1 Å². The van der Waals surface area contributed by atoms with Gasteiger partial charge in [-0.15, -0.1) is 0 Å². The fourth-order valence-corrected chi connectivity index (χ4v) is 18.1. The van der Waals surface area contributed by atoms with Gasteiger partial charge in [-0.1, -0.05) is 90.8 Å². The van der Waals surface area contributed by atoms with Crippen LogP contribution in [-0.2, 0) is 85.8 Å². The topological polar surface area (TPSA) is 315 Å². The summed E-state index contributed by atoms with van der Waals surface area (Å²) in [5.41, 5.74) is -0.523. The lowest BCUT2D eigenvalue weighted by atomic mass is 9.53. The average molecular weight is 1520 g/mol. The SMILES string of the molecule is COC[C@H]1OC(=O)/C(=C/N(C)CCCN(C)C)C2=C(O)C(=O)C3=C([C@H](OC(=O)CCCCCCC(=O)OC4CCC(C[C@H](C)[C@@H]5CC(=O)[C@H](C)/C=C(\C)[C@@H](O)[C@@H](OC)C(=O)[C@H](C)C[C@H](C)/C=C/C=C/C=C(\C)[C@@H](OC)C[C@@H]6CC[C@@H](C)[C@@](O)(O6)C(=O)C(=O)N6CCCC[C@H]6C(=O)O5)CC4)C[C@]4(C)C(=O)CC[C@@H]34)[C@]21C. The van der Waals surface area contributed by atoms with Crippen LogP contribution in [-0.4, -0.2) is 218 Å². The Balaban J connectivity index is 0.889. The van der Waals surface area contributed by atoms with Crippen molar-refractivity contribution in [2.75, 3.05) is 68.7 Å². The van der Waals surface area contributed by atoms with Crippen LogP contribution in [0.15, 0.2) is 81.9 Å². The number of fused-ring (bicyclic) bond motifs is 7. The maximum Gasteiger partial charge on any atom is 0.340 e. The van der Waals surface area contributed by atoms with Gasteiger partial charge in [-0.25, -0.2) is 9.59 Å². The summed E-state index contributed by atoms with van der Waals surface area (Å²) >= 11 is 0.